The third kappa shape index (κ3) is 2.80. The molecule has 0 bridgehead atoms. The van der Waals surface area contributed by atoms with Crippen LogP contribution < -0.4 is 5.43 Å². The lowest BCUT2D eigenvalue weighted by Crippen LogP contribution is -2.03. The average molecular weight is 382 g/mol. The first-order valence-electron chi connectivity index (χ1n) is 8.99. The smallest absolute Gasteiger partial charge is 0.336 e. The standard InChI is InChI=1S/C24H14O5/c25-15-8-10-19-22(13-15)29-21-12-14(20-6-3-11-28-20)7-9-18(21)23(19)16-4-1-2-5-17(16)24(26)27/h1-13H,(H,26,27). The molecule has 0 spiro atoms. The van der Waals surface area contributed by atoms with Gasteiger partial charge in [-0.3, -0.25) is 4.79 Å². The summed E-state index contributed by atoms with van der Waals surface area (Å²) in [6.07, 6.45) is 1.59. The Kier molecular flexibility index (Phi) is 3.81. The molecule has 140 valence electrons. The summed E-state index contributed by atoms with van der Waals surface area (Å²) < 4.78 is 11.5. The van der Waals surface area contributed by atoms with Crippen LogP contribution in [0.1, 0.15) is 10.4 Å². The van der Waals surface area contributed by atoms with Crippen LogP contribution in [0.5, 0.6) is 0 Å². The van der Waals surface area contributed by atoms with Crippen molar-refractivity contribution in [3.8, 4) is 33.8 Å². The van der Waals surface area contributed by atoms with Gasteiger partial charge in [-0.1, -0.05) is 24.3 Å². The summed E-state index contributed by atoms with van der Waals surface area (Å²) in [5, 5.41) is 10.4. The lowest BCUT2D eigenvalue weighted by Gasteiger charge is -2.16. The van der Waals surface area contributed by atoms with Crippen LogP contribution in [-0.4, -0.2) is 11.1 Å². The second-order valence-corrected chi connectivity index (χ2v) is 6.67. The zero-order valence-electron chi connectivity index (χ0n) is 15.1. The van der Waals surface area contributed by atoms with Gasteiger partial charge < -0.3 is 13.9 Å². The van der Waals surface area contributed by atoms with Crippen LogP contribution in [0.4, 0.5) is 0 Å². The summed E-state index contributed by atoms with van der Waals surface area (Å²) in [6, 6.07) is 20.6. The van der Waals surface area contributed by atoms with Crippen molar-refractivity contribution in [3.05, 3.63) is 94.8 Å². The second kappa shape index (κ2) is 6.49. The Morgan fingerprint density at radius 2 is 1.69 bits per heavy atom. The molecule has 0 radical (unpaired) electrons. The number of furan rings is 1. The number of hydrogen-bond donors (Lipinski definition) is 1. The molecule has 1 aromatic heterocycles. The molecule has 2 aliphatic rings. The fourth-order valence-electron chi connectivity index (χ4n) is 3.64. The minimum absolute atomic E-state index is 0.180. The normalized spacial score (nSPS) is 11.2. The monoisotopic (exact) mass is 382 g/mol. The molecule has 5 heteroatoms. The highest BCUT2D eigenvalue weighted by Crippen LogP contribution is 2.42. The third-order valence-corrected chi connectivity index (χ3v) is 4.93. The minimum Gasteiger partial charge on any atom is -0.478 e. The number of benzene rings is 3. The third-order valence-electron chi connectivity index (χ3n) is 4.93. The van der Waals surface area contributed by atoms with E-state index in [0.717, 1.165) is 10.9 Å². The molecule has 1 aliphatic heterocycles. The van der Waals surface area contributed by atoms with Crippen molar-refractivity contribution in [1.29, 1.82) is 0 Å². The molecular formula is C24H14O5. The van der Waals surface area contributed by atoms with Crippen molar-refractivity contribution in [1.82, 2.24) is 0 Å². The van der Waals surface area contributed by atoms with Gasteiger partial charge in [0, 0.05) is 28.1 Å². The summed E-state index contributed by atoms with van der Waals surface area (Å²) in [4.78, 5) is 23.8. The molecule has 5 rings (SSSR count). The van der Waals surface area contributed by atoms with Crippen molar-refractivity contribution < 1.29 is 18.7 Å². The van der Waals surface area contributed by atoms with Crippen molar-refractivity contribution in [3.63, 3.8) is 0 Å². The van der Waals surface area contributed by atoms with Crippen molar-refractivity contribution in [2.45, 2.75) is 0 Å². The zero-order valence-corrected chi connectivity index (χ0v) is 15.1. The molecule has 0 saturated carbocycles. The summed E-state index contributed by atoms with van der Waals surface area (Å²) in [5.41, 5.74) is 3.31. The van der Waals surface area contributed by atoms with Gasteiger partial charge in [-0.05, 0) is 48.0 Å². The first-order valence-corrected chi connectivity index (χ1v) is 8.99. The maximum atomic E-state index is 11.9. The number of fused-ring (bicyclic) bond motifs is 2. The number of carboxylic acid groups (broad SMARTS) is 1. The van der Waals surface area contributed by atoms with E-state index < -0.39 is 5.97 Å². The number of rotatable bonds is 3. The number of aromatic carboxylic acids is 1. The molecule has 0 saturated heterocycles. The number of carboxylic acids is 1. The Morgan fingerprint density at radius 3 is 2.48 bits per heavy atom. The van der Waals surface area contributed by atoms with E-state index in [1.807, 2.05) is 24.3 Å². The van der Waals surface area contributed by atoms with E-state index in [2.05, 4.69) is 0 Å². The molecule has 0 unspecified atom stereocenters. The highest BCUT2D eigenvalue weighted by Gasteiger charge is 2.21. The maximum Gasteiger partial charge on any atom is 0.336 e. The van der Waals surface area contributed by atoms with Gasteiger partial charge in [-0.25, -0.2) is 4.79 Å². The van der Waals surface area contributed by atoms with Gasteiger partial charge in [0.05, 0.1) is 11.8 Å². The molecule has 3 aromatic rings. The number of carbonyl (C=O) groups is 1. The van der Waals surface area contributed by atoms with Crippen molar-refractivity contribution in [2.24, 2.45) is 0 Å². The Hall–Kier alpha value is -4.12. The first-order chi connectivity index (χ1) is 14.1. The molecule has 0 amide bonds. The van der Waals surface area contributed by atoms with Gasteiger partial charge in [0.15, 0.2) is 5.43 Å². The van der Waals surface area contributed by atoms with Gasteiger partial charge in [0.2, 0.25) is 0 Å². The van der Waals surface area contributed by atoms with Gasteiger partial charge in [-0.2, -0.15) is 0 Å². The van der Waals surface area contributed by atoms with Crippen molar-refractivity contribution >= 4 is 16.9 Å². The Balaban J connectivity index is 1.91. The van der Waals surface area contributed by atoms with Crippen LogP contribution in [0, 0.1) is 0 Å². The van der Waals surface area contributed by atoms with E-state index in [1.165, 1.54) is 12.1 Å². The lowest BCUT2D eigenvalue weighted by molar-refractivity contribution is 0.0697. The highest BCUT2D eigenvalue weighted by atomic mass is 16.4. The molecule has 29 heavy (non-hydrogen) atoms. The quantitative estimate of drug-likeness (QED) is 0.415. The van der Waals surface area contributed by atoms with E-state index in [9.17, 15) is 14.7 Å². The van der Waals surface area contributed by atoms with Crippen LogP contribution in [-0.2, 0) is 0 Å². The van der Waals surface area contributed by atoms with Crippen LogP contribution in [0.25, 0.3) is 44.7 Å². The van der Waals surface area contributed by atoms with Gasteiger partial charge in [-0.15, -0.1) is 0 Å². The van der Waals surface area contributed by atoms with Crippen LogP contribution in [0.15, 0.2) is 92.7 Å². The molecule has 2 aromatic carbocycles. The molecule has 1 N–H and O–H groups in total. The molecule has 5 nitrogen and oxygen atoms in total. The molecule has 0 fully saturated rings. The van der Waals surface area contributed by atoms with Gasteiger partial charge in [0.1, 0.15) is 17.1 Å². The van der Waals surface area contributed by atoms with Crippen LogP contribution in [0.3, 0.4) is 0 Å². The number of hydrogen-bond acceptors (Lipinski definition) is 4. The van der Waals surface area contributed by atoms with E-state index >= 15 is 0 Å². The van der Waals surface area contributed by atoms with Crippen molar-refractivity contribution in [2.75, 3.05) is 0 Å². The first kappa shape index (κ1) is 17.0. The van der Waals surface area contributed by atoms with E-state index in [-0.39, 0.29) is 11.0 Å². The predicted molar refractivity (Wildman–Crippen MR) is 109 cm³/mol. The fraction of sp³-hybridized carbons (Fsp3) is 0. The summed E-state index contributed by atoms with van der Waals surface area (Å²) in [5.74, 6) is 0.0689. The van der Waals surface area contributed by atoms with E-state index in [4.69, 9.17) is 8.83 Å². The van der Waals surface area contributed by atoms with Crippen LogP contribution in [0.2, 0.25) is 0 Å². The topological polar surface area (TPSA) is 80.6 Å². The maximum absolute atomic E-state index is 11.9. The zero-order chi connectivity index (χ0) is 20.0. The fourth-order valence-corrected chi connectivity index (χ4v) is 3.64. The average Bonchev–Trinajstić information content (AvgIpc) is 3.26. The molecule has 2 heterocycles. The summed E-state index contributed by atoms with van der Waals surface area (Å²) in [6.45, 7) is 0. The summed E-state index contributed by atoms with van der Waals surface area (Å²) >= 11 is 0. The lowest BCUT2D eigenvalue weighted by atomic mass is 9.90. The highest BCUT2D eigenvalue weighted by molar-refractivity contribution is 6.07. The Bertz CT molecular complexity index is 1390. The molecule has 0 atom stereocenters. The van der Waals surface area contributed by atoms with E-state index in [1.54, 1.807) is 42.7 Å². The SMILES string of the molecule is O=C(O)c1ccccc1-c1c2ccc(=O)cc-2oc2cc(-c3ccco3)ccc12. The Morgan fingerprint density at radius 1 is 0.828 bits per heavy atom. The van der Waals surface area contributed by atoms with E-state index in [0.29, 0.717) is 33.8 Å². The Labute approximate surface area is 164 Å². The minimum atomic E-state index is -1.02. The predicted octanol–water partition coefficient (Wildman–Crippen LogP) is 5.52. The largest absolute Gasteiger partial charge is 0.478 e. The van der Waals surface area contributed by atoms with Gasteiger partial charge in [0.25, 0.3) is 0 Å². The van der Waals surface area contributed by atoms with Crippen LogP contribution >= 0.6 is 0 Å². The summed E-state index contributed by atoms with van der Waals surface area (Å²) in [7, 11) is 0. The molecule has 1 aliphatic carbocycles. The van der Waals surface area contributed by atoms with Gasteiger partial charge >= 0.3 is 5.97 Å². The second-order valence-electron chi connectivity index (χ2n) is 6.67. The molecular weight excluding hydrogens is 368 g/mol.